The zero-order valence-electron chi connectivity index (χ0n) is 7.53. The van der Waals surface area contributed by atoms with Gasteiger partial charge in [0.2, 0.25) is 0 Å². The highest BCUT2D eigenvalue weighted by Crippen LogP contribution is 2.26. The summed E-state index contributed by atoms with van der Waals surface area (Å²) < 4.78 is 5.32. The van der Waals surface area contributed by atoms with E-state index in [-0.39, 0.29) is 0 Å². The molecule has 2 N–H and O–H groups in total. The molecular formula is C9H14N2OS. The van der Waals surface area contributed by atoms with Gasteiger partial charge in [-0.3, -0.25) is 0 Å². The van der Waals surface area contributed by atoms with Gasteiger partial charge in [-0.25, -0.2) is 4.98 Å². The number of hydrogen-bond acceptors (Lipinski definition) is 4. The summed E-state index contributed by atoms with van der Waals surface area (Å²) in [4.78, 5) is 4.29. The third kappa shape index (κ3) is 2.25. The van der Waals surface area contributed by atoms with Crippen LogP contribution in [0.15, 0.2) is 10.7 Å². The highest BCUT2D eigenvalue weighted by molar-refractivity contribution is 7.99. The highest BCUT2D eigenvalue weighted by Gasteiger charge is 2.18. The van der Waals surface area contributed by atoms with Gasteiger partial charge >= 0.3 is 0 Å². The lowest BCUT2D eigenvalue weighted by Gasteiger charge is -2.02. The zero-order chi connectivity index (χ0) is 9.10. The number of oxazole rings is 1. The van der Waals surface area contributed by atoms with Crippen molar-refractivity contribution in [1.29, 1.82) is 0 Å². The summed E-state index contributed by atoms with van der Waals surface area (Å²) in [6.45, 7) is 0.475. The van der Waals surface area contributed by atoms with Crippen molar-refractivity contribution in [1.82, 2.24) is 4.98 Å². The van der Waals surface area contributed by atoms with Gasteiger partial charge in [-0.05, 0) is 23.8 Å². The molecule has 13 heavy (non-hydrogen) atoms. The van der Waals surface area contributed by atoms with Crippen molar-refractivity contribution >= 4 is 11.8 Å². The zero-order valence-corrected chi connectivity index (χ0v) is 8.35. The Hall–Kier alpha value is -0.480. The van der Waals surface area contributed by atoms with Crippen LogP contribution in [-0.4, -0.2) is 16.5 Å². The van der Waals surface area contributed by atoms with Gasteiger partial charge < -0.3 is 10.2 Å². The second-order valence-electron chi connectivity index (χ2n) is 3.37. The van der Waals surface area contributed by atoms with Crippen molar-refractivity contribution in [3.05, 3.63) is 17.8 Å². The van der Waals surface area contributed by atoms with Crippen molar-refractivity contribution < 1.29 is 4.42 Å². The molecule has 1 unspecified atom stereocenters. The predicted molar refractivity (Wildman–Crippen MR) is 53.5 cm³/mol. The number of hydrogen-bond donors (Lipinski definition) is 1. The smallest absolute Gasteiger partial charge is 0.194 e. The van der Waals surface area contributed by atoms with Gasteiger partial charge in [0.05, 0.1) is 5.69 Å². The highest BCUT2D eigenvalue weighted by atomic mass is 32.2. The molecule has 1 atom stereocenters. The van der Waals surface area contributed by atoms with E-state index in [1.54, 1.807) is 6.26 Å². The lowest BCUT2D eigenvalue weighted by atomic mass is 10.1. The van der Waals surface area contributed by atoms with Crippen LogP contribution in [0.4, 0.5) is 0 Å². The van der Waals surface area contributed by atoms with Gasteiger partial charge in [-0.1, -0.05) is 0 Å². The van der Waals surface area contributed by atoms with Gasteiger partial charge in [-0.15, -0.1) is 0 Å². The molecule has 1 fully saturated rings. The second kappa shape index (κ2) is 4.15. The van der Waals surface area contributed by atoms with Crippen molar-refractivity contribution in [3.63, 3.8) is 0 Å². The molecule has 4 heteroatoms. The van der Waals surface area contributed by atoms with E-state index in [0.29, 0.717) is 6.54 Å². The first kappa shape index (κ1) is 9.09. The first-order valence-corrected chi connectivity index (χ1v) is 5.75. The first-order valence-electron chi connectivity index (χ1n) is 4.59. The third-order valence-corrected chi connectivity index (χ3v) is 3.53. The fourth-order valence-electron chi connectivity index (χ4n) is 1.53. The molecule has 1 aliphatic heterocycles. The van der Waals surface area contributed by atoms with Gasteiger partial charge in [0.25, 0.3) is 0 Å². The molecule has 0 aliphatic carbocycles. The van der Waals surface area contributed by atoms with Gasteiger partial charge in [0.15, 0.2) is 5.89 Å². The minimum Gasteiger partial charge on any atom is -0.449 e. The van der Waals surface area contributed by atoms with Crippen LogP contribution in [0.5, 0.6) is 0 Å². The van der Waals surface area contributed by atoms with Crippen LogP contribution in [-0.2, 0) is 13.0 Å². The fourth-order valence-corrected chi connectivity index (χ4v) is 2.81. The van der Waals surface area contributed by atoms with Crippen molar-refractivity contribution in [2.75, 3.05) is 11.5 Å². The standard InChI is InChI=1S/C9H14N2OS/c10-4-8-5-12-9(11-8)3-7-1-2-13-6-7/h5,7H,1-4,6,10H2. The Kier molecular flexibility index (Phi) is 2.90. The maximum Gasteiger partial charge on any atom is 0.194 e. The van der Waals surface area contributed by atoms with Crippen LogP contribution in [0.2, 0.25) is 0 Å². The van der Waals surface area contributed by atoms with Crippen LogP contribution >= 0.6 is 11.8 Å². The number of rotatable bonds is 3. The number of nitrogens with two attached hydrogens (primary N) is 1. The van der Waals surface area contributed by atoms with Gasteiger partial charge in [0, 0.05) is 13.0 Å². The molecule has 1 aromatic rings. The van der Waals surface area contributed by atoms with Crippen LogP contribution < -0.4 is 5.73 Å². The van der Waals surface area contributed by atoms with E-state index in [2.05, 4.69) is 4.98 Å². The Morgan fingerprint density at radius 1 is 1.69 bits per heavy atom. The number of thioether (sulfide) groups is 1. The number of nitrogens with zero attached hydrogens (tertiary/aromatic N) is 1. The van der Waals surface area contributed by atoms with E-state index in [9.17, 15) is 0 Å². The summed E-state index contributed by atoms with van der Waals surface area (Å²) in [6.07, 6.45) is 3.94. The molecule has 0 aromatic carbocycles. The lowest BCUT2D eigenvalue weighted by Crippen LogP contribution is -2.03. The summed E-state index contributed by atoms with van der Waals surface area (Å²) in [6, 6.07) is 0. The minimum absolute atomic E-state index is 0.475. The molecule has 1 saturated heterocycles. The topological polar surface area (TPSA) is 52.0 Å². The van der Waals surface area contributed by atoms with Crippen LogP contribution in [0, 0.1) is 5.92 Å². The van der Waals surface area contributed by atoms with Gasteiger partial charge in [-0.2, -0.15) is 11.8 Å². The lowest BCUT2D eigenvalue weighted by molar-refractivity contribution is 0.447. The van der Waals surface area contributed by atoms with E-state index in [1.807, 2.05) is 11.8 Å². The quantitative estimate of drug-likeness (QED) is 0.798. The maximum absolute atomic E-state index is 5.44. The summed E-state index contributed by atoms with van der Waals surface area (Å²) in [5.74, 6) is 4.15. The molecule has 1 aromatic heterocycles. The molecule has 72 valence electrons. The molecule has 0 radical (unpaired) electrons. The Bertz CT molecular complexity index is 268. The molecule has 0 saturated carbocycles. The van der Waals surface area contributed by atoms with E-state index in [0.717, 1.165) is 23.9 Å². The monoisotopic (exact) mass is 198 g/mol. The summed E-state index contributed by atoms with van der Waals surface area (Å²) >= 11 is 2.02. The van der Waals surface area contributed by atoms with Crippen molar-refractivity contribution in [2.24, 2.45) is 11.7 Å². The summed E-state index contributed by atoms with van der Waals surface area (Å²) in [7, 11) is 0. The van der Waals surface area contributed by atoms with Crippen LogP contribution in [0.25, 0.3) is 0 Å². The Balaban J connectivity index is 1.92. The van der Waals surface area contributed by atoms with Crippen LogP contribution in [0.1, 0.15) is 18.0 Å². The van der Waals surface area contributed by atoms with Gasteiger partial charge in [0.1, 0.15) is 6.26 Å². The average molecular weight is 198 g/mol. The summed E-state index contributed by atoms with van der Waals surface area (Å²) in [5.41, 5.74) is 6.31. The van der Waals surface area contributed by atoms with Crippen molar-refractivity contribution in [3.8, 4) is 0 Å². The van der Waals surface area contributed by atoms with E-state index < -0.39 is 0 Å². The summed E-state index contributed by atoms with van der Waals surface area (Å²) in [5, 5.41) is 0. The first-order chi connectivity index (χ1) is 6.38. The normalized spacial score (nSPS) is 22.4. The Labute approximate surface area is 82.1 Å². The molecule has 0 spiro atoms. The molecule has 3 nitrogen and oxygen atoms in total. The number of aromatic nitrogens is 1. The minimum atomic E-state index is 0.475. The Morgan fingerprint density at radius 2 is 2.62 bits per heavy atom. The molecule has 1 aliphatic rings. The van der Waals surface area contributed by atoms with Crippen LogP contribution in [0.3, 0.4) is 0 Å². The van der Waals surface area contributed by atoms with E-state index >= 15 is 0 Å². The predicted octanol–water partition coefficient (Wildman–Crippen LogP) is 1.43. The fraction of sp³-hybridized carbons (Fsp3) is 0.667. The molecule has 0 amide bonds. The van der Waals surface area contributed by atoms with E-state index in [4.69, 9.17) is 10.2 Å². The largest absolute Gasteiger partial charge is 0.449 e. The average Bonchev–Trinajstić information content (AvgIpc) is 2.76. The van der Waals surface area contributed by atoms with E-state index in [1.165, 1.54) is 17.9 Å². The Morgan fingerprint density at radius 3 is 3.23 bits per heavy atom. The third-order valence-electron chi connectivity index (χ3n) is 2.30. The SMILES string of the molecule is NCc1coc(CC2CCSC2)n1. The van der Waals surface area contributed by atoms with Crippen molar-refractivity contribution in [2.45, 2.75) is 19.4 Å². The molecule has 2 heterocycles. The molecule has 0 bridgehead atoms. The maximum atomic E-state index is 5.44. The molecular weight excluding hydrogens is 184 g/mol. The second-order valence-corrected chi connectivity index (χ2v) is 4.52. The molecule has 2 rings (SSSR count).